The quantitative estimate of drug-likeness (QED) is 0.122. The molecule has 12 rings (SSSR count). The van der Waals surface area contributed by atoms with Gasteiger partial charge in [0.15, 0.2) is 0 Å². The van der Waals surface area contributed by atoms with E-state index < -0.39 is 0 Å². The van der Waals surface area contributed by atoms with E-state index in [9.17, 15) is 0 Å². The highest BCUT2D eigenvalue weighted by Crippen LogP contribution is 2.42. The zero-order valence-electron chi connectivity index (χ0n) is 38.0. The first kappa shape index (κ1) is 42.7. The molecule has 0 aliphatic carbocycles. The van der Waals surface area contributed by atoms with Crippen molar-refractivity contribution in [2.24, 2.45) is 0 Å². The van der Waals surface area contributed by atoms with E-state index in [0.717, 1.165) is 67.7 Å². The van der Waals surface area contributed by atoms with Gasteiger partial charge < -0.3 is 9.80 Å². The molecule has 0 aliphatic heterocycles. The molecule has 0 bridgehead atoms. The van der Waals surface area contributed by atoms with Gasteiger partial charge in [0.2, 0.25) is 0 Å². The number of thiophene rings is 2. The van der Waals surface area contributed by atoms with Crippen molar-refractivity contribution >= 4 is 67.8 Å². The summed E-state index contributed by atoms with van der Waals surface area (Å²) in [6.45, 7) is 0. The largest absolute Gasteiger partial charge is 0.311 e. The molecule has 9 aromatic carbocycles. The van der Waals surface area contributed by atoms with Gasteiger partial charge in [-0.05, 0) is 131 Å². The number of nitrogens with zero attached hydrogens (tertiary/aromatic N) is 4. The molecule has 0 amide bonds. The molecule has 3 heterocycles. The van der Waals surface area contributed by atoms with Gasteiger partial charge in [0.25, 0.3) is 0 Å². The minimum atomic E-state index is 0.866. The molecular weight excluding hydrogens is 889 g/mol. The first-order chi connectivity index (χ1) is 34.7. The van der Waals surface area contributed by atoms with E-state index in [0.29, 0.717) is 0 Å². The third-order valence-electron chi connectivity index (χ3n) is 12.5. The van der Waals surface area contributed by atoms with Crippen molar-refractivity contribution in [3.8, 4) is 64.3 Å². The highest BCUT2D eigenvalue weighted by molar-refractivity contribution is 7.19. The molecule has 70 heavy (non-hydrogen) atoms. The maximum atomic E-state index is 5.23. The molecular formula is C64H44N4S2. The summed E-state index contributed by atoms with van der Waals surface area (Å²) in [5, 5.41) is 0. The molecule has 0 saturated heterocycles. The summed E-state index contributed by atoms with van der Waals surface area (Å²) < 4.78 is 0. The van der Waals surface area contributed by atoms with Crippen LogP contribution in [-0.4, -0.2) is 9.97 Å². The van der Waals surface area contributed by atoms with Crippen LogP contribution in [0.15, 0.2) is 267 Å². The van der Waals surface area contributed by atoms with E-state index in [-0.39, 0.29) is 0 Å². The highest BCUT2D eigenvalue weighted by Gasteiger charge is 2.17. The number of hydrogen-bond acceptors (Lipinski definition) is 6. The van der Waals surface area contributed by atoms with Gasteiger partial charge in [-0.15, -0.1) is 22.7 Å². The van der Waals surface area contributed by atoms with Crippen LogP contribution in [0, 0.1) is 0 Å². The molecule has 0 N–H and O–H groups in total. The molecule has 0 atom stereocenters. The van der Waals surface area contributed by atoms with E-state index in [2.05, 4.69) is 252 Å². The van der Waals surface area contributed by atoms with E-state index in [1.807, 2.05) is 24.3 Å². The summed E-state index contributed by atoms with van der Waals surface area (Å²) in [6.07, 6.45) is 0. The number of para-hydroxylation sites is 6. The van der Waals surface area contributed by atoms with Crippen LogP contribution < -0.4 is 9.80 Å². The van der Waals surface area contributed by atoms with Crippen LogP contribution in [0.25, 0.3) is 75.3 Å². The molecule has 12 aromatic rings. The van der Waals surface area contributed by atoms with Gasteiger partial charge in [0, 0.05) is 64.8 Å². The number of hydrogen-bond donors (Lipinski definition) is 0. The fourth-order valence-electron chi connectivity index (χ4n) is 9.04. The maximum Gasteiger partial charge on any atom is 0.0973 e. The van der Waals surface area contributed by atoms with Crippen LogP contribution >= 0.6 is 22.7 Å². The number of fused-ring (bicyclic) bond motifs is 1. The predicted molar refractivity (Wildman–Crippen MR) is 297 cm³/mol. The van der Waals surface area contributed by atoms with Crippen LogP contribution in [0.3, 0.4) is 0 Å². The van der Waals surface area contributed by atoms with Crippen LogP contribution in [-0.2, 0) is 0 Å². The van der Waals surface area contributed by atoms with Crippen molar-refractivity contribution in [1.82, 2.24) is 9.97 Å². The van der Waals surface area contributed by atoms with Gasteiger partial charge in [-0.25, -0.2) is 9.97 Å². The summed E-state index contributed by atoms with van der Waals surface area (Å²) >= 11 is 3.61. The third kappa shape index (κ3) is 8.70. The fraction of sp³-hybridized carbons (Fsp3) is 0. The van der Waals surface area contributed by atoms with Gasteiger partial charge in [-0.3, -0.25) is 0 Å². The van der Waals surface area contributed by atoms with Gasteiger partial charge in [0.1, 0.15) is 0 Å². The van der Waals surface area contributed by atoms with Crippen molar-refractivity contribution in [3.05, 3.63) is 267 Å². The standard InChI is InChI=1S/C64H44N4S2/c1-5-15-51(16-6-1)67(52-17-7-2-8-18-52)55-37-33-47(34-38-55)61-43-41-59(69-61)45-25-29-49(30-26-45)63-64(66-58-24-14-13-23-57(58)65-63)50-31-27-46(28-32-50)60-42-44-62(70-60)48-35-39-56(40-36-48)68(53-19-9-3-10-20-53)54-21-11-4-12-22-54/h1-44H. The lowest BCUT2D eigenvalue weighted by Gasteiger charge is -2.25. The molecule has 3 aromatic heterocycles. The molecule has 332 valence electrons. The number of rotatable bonds is 12. The Bertz CT molecular complexity index is 3340. The number of anilines is 6. The molecule has 0 radical (unpaired) electrons. The molecule has 0 spiro atoms. The van der Waals surface area contributed by atoms with E-state index in [1.165, 1.54) is 41.8 Å². The normalized spacial score (nSPS) is 11.1. The SMILES string of the molecule is c1ccc(N(c2ccccc2)c2ccc(-c3ccc(-c4ccc(-c5nc6ccccc6nc5-c5ccc(-c6ccc(-c7ccc(N(c8ccccc8)c8ccccc8)cc7)s6)cc5)cc4)s3)cc2)cc1. The second-order valence-corrected chi connectivity index (χ2v) is 19.2. The summed E-state index contributed by atoms with van der Waals surface area (Å²) in [4.78, 5) is 19.9. The van der Waals surface area contributed by atoms with Gasteiger partial charge in [0.05, 0.1) is 22.4 Å². The first-order valence-electron chi connectivity index (χ1n) is 23.4. The Kier molecular flexibility index (Phi) is 11.7. The fourth-order valence-corrected chi connectivity index (χ4v) is 11.1. The third-order valence-corrected chi connectivity index (χ3v) is 14.9. The minimum Gasteiger partial charge on any atom is -0.311 e. The van der Waals surface area contributed by atoms with Crippen LogP contribution in [0.5, 0.6) is 0 Å². The summed E-state index contributed by atoms with van der Waals surface area (Å²) in [5.41, 5.74) is 17.0. The topological polar surface area (TPSA) is 32.3 Å². The Morgan fingerprint density at radius 1 is 0.214 bits per heavy atom. The summed E-state index contributed by atoms with van der Waals surface area (Å²) in [5.74, 6) is 0. The van der Waals surface area contributed by atoms with Gasteiger partial charge in [-0.2, -0.15) is 0 Å². The maximum absolute atomic E-state index is 5.23. The summed E-state index contributed by atoms with van der Waals surface area (Å²) in [7, 11) is 0. The van der Waals surface area contributed by atoms with Crippen LogP contribution in [0.4, 0.5) is 34.1 Å². The smallest absolute Gasteiger partial charge is 0.0973 e. The van der Waals surface area contributed by atoms with Crippen molar-refractivity contribution in [2.45, 2.75) is 0 Å². The lowest BCUT2D eigenvalue weighted by molar-refractivity contribution is 1.28. The molecule has 4 nitrogen and oxygen atoms in total. The lowest BCUT2D eigenvalue weighted by atomic mass is 10.0. The van der Waals surface area contributed by atoms with Crippen molar-refractivity contribution in [2.75, 3.05) is 9.80 Å². The second kappa shape index (κ2) is 19.1. The van der Waals surface area contributed by atoms with Gasteiger partial charge >= 0.3 is 0 Å². The molecule has 0 aliphatic rings. The lowest BCUT2D eigenvalue weighted by Crippen LogP contribution is -2.09. The zero-order valence-corrected chi connectivity index (χ0v) is 39.6. The number of aromatic nitrogens is 2. The van der Waals surface area contributed by atoms with Gasteiger partial charge in [-0.1, -0.05) is 158 Å². The monoisotopic (exact) mass is 932 g/mol. The Morgan fingerprint density at radius 3 is 0.729 bits per heavy atom. The van der Waals surface area contributed by atoms with E-state index in [4.69, 9.17) is 9.97 Å². The predicted octanol–water partition coefficient (Wildman–Crippen LogP) is 18.7. The second-order valence-electron chi connectivity index (χ2n) is 17.0. The van der Waals surface area contributed by atoms with Crippen molar-refractivity contribution in [1.29, 1.82) is 0 Å². The van der Waals surface area contributed by atoms with Crippen molar-refractivity contribution < 1.29 is 0 Å². The molecule has 0 saturated carbocycles. The molecule has 6 heteroatoms. The Hall–Kier alpha value is -8.68. The number of benzene rings is 9. The Balaban J connectivity index is 0.783. The minimum absolute atomic E-state index is 0.866. The molecule has 0 fully saturated rings. The van der Waals surface area contributed by atoms with Crippen LogP contribution in [0.2, 0.25) is 0 Å². The van der Waals surface area contributed by atoms with E-state index in [1.54, 1.807) is 22.7 Å². The van der Waals surface area contributed by atoms with Crippen LogP contribution in [0.1, 0.15) is 0 Å². The van der Waals surface area contributed by atoms with Crippen molar-refractivity contribution in [3.63, 3.8) is 0 Å². The average molecular weight is 933 g/mol. The first-order valence-corrected chi connectivity index (χ1v) is 25.0. The Labute approximate surface area is 416 Å². The van der Waals surface area contributed by atoms with E-state index >= 15 is 0 Å². The average Bonchev–Trinajstić information content (AvgIpc) is 4.15. The Morgan fingerprint density at radius 2 is 0.443 bits per heavy atom. The summed E-state index contributed by atoms with van der Waals surface area (Å²) in [6, 6.07) is 94.5. The highest BCUT2D eigenvalue weighted by atomic mass is 32.1. The zero-order chi connectivity index (χ0) is 46.6. The molecule has 0 unspecified atom stereocenters.